The van der Waals surface area contributed by atoms with E-state index >= 15 is 0 Å². The van der Waals surface area contributed by atoms with E-state index in [1.165, 1.54) is 24.3 Å². The molecule has 8 nitrogen and oxygen atoms in total. The van der Waals surface area contributed by atoms with Crippen LogP contribution in [0.5, 0.6) is 11.5 Å². The molecule has 0 atom stereocenters. The first-order valence-electron chi connectivity index (χ1n) is 10.9. The standard InChI is InChI=1S/C26H20FIN2O6/c1-3-34-23-13-17(11-20(28)24(23)35-14-16-4-7-19(27)8-5-16)12-21-26(31)36-25(29-21)18-6-9-22(30(32)33)15(2)10-18/h4-13H,3,14H2,1-2H3/b21-12-. The number of aryl methyl sites for hydroxylation is 1. The lowest BCUT2D eigenvalue weighted by molar-refractivity contribution is -0.385. The highest BCUT2D eigenvalue weighted by molar-refractivity contribution is 14.1. The molecule has 0 spiro atoms. The summed E-state index contributed by atoms with van der Waals surface area (Å²) >= 11 is 2.12. The number of hydrogen-bond donors (Lipinski definition) is 0. The molecule has 3 aromatic rings. The largest absolute Gasteiger partial charge is 0.490 e. The Kier molecular flexibility index (Phi) is 7.63. The molecule has 36 heavy (non-hydrogen) atoms. The number of cyclic esters (lactones) is 1. The molecule has 4 rings (SSSR count). The number of nitro benzene ring substituents is 1. The topological polar surface area (TPSA) is 100 Å². The van der Waals surface area contributed by atoms with Gasteiger partial charge in [0.2, 0.25) is 5.90 Å². The molecular formula is C26H20FIN2O6. The number of carbonyl (C=O) groups is 1. The van der Waals surface area contributed by atoms with Gasteiger partial charge in [0, 0.05) is 17.2 Å². The maximum atomic E-state index is 13.2. The number of nitrogens with zero attached hydrogens (tertiary/aromatic N) is 2. The summed E-state index contributed by atoms with van der Waals surface area (Å²) in [6.07, 6.45) is 1.57. The number of aliphatic imine (C=N–C) groups is 1. The number of esters is 1. The molecule has 0 aromatic heterocycles. The molecule has 0 unspecified atom stereocenters. The minimum Gasteiger partial charge on any atom is -0.490 e. The van der Waals surface area contributed by atoms with Gasteiger partial charge in [0.15, 0.2) is 17.2 Å². The molecule has 1 aliphatic rings. The number of benzene rings is 3. The van der Waals surface area contributed by atoms with E-state index in [2.05, 4.69) is 27.6 Å². The molecule has 0 fully saturated rings. The number of nitro groups is 1. The van der Waals surface area contributed by atoms with Gasteiger partial charge in [-0.3, -0.25) is 10.1 Å². The number of hydrogen-bond acceptors (Lipinski definition) is 7. The van der Waals surface area contributed by atoms with Gasteiger partial charge in [-0.25, -0.2) is 14.2 Å². The summed E-state index contributed by atoms with van der Waals surface area (Å²) in [5.74, 6) is 0.137. The zero-order valence-electron chi connectivity index (χ0n) is 19.3. The lowest BCUT2D eigenvalue weighted by atomic mass is 10.1. The summed E-state index contributed by atoms with van der Waals surface area (Å²) in [6.45, 7) is 4.07. The summed E-state index contributed by atoms with van der Waals surface area (Å²) in [5, 5.41) is 11.1. The predicted octanol–water partition coefficient (Wildman–Crippen LogP) is 5.97. The molecular weight excluding hydrogens is 582 g/mol. The van der Waals surface area contributed by atoms with E-state index in [4.69, 9.17) is 14.2 Å². The van der Waals surface area contributed by atoms with Crippen LogP contribution >= 0.6 is 22.6 Å². The second-order valence-electron chi connectivity index (χ2n) is 7.77. The second-order valence-corrected chi connectivity index (χ2v) is 8.93. The van der Waals surface area contributed by atoms with Crippen LogP contribution in [0.25, 0.3) is 6.08 Å². The highest BCUT2D eigenvalue weighted by atomic mass is 127. The first-order valence-corrected chi connectivity index (χ1v) is 11.9. The van der Waals surface area contributed by atoms with E-state index in [0.717, 1.165) is 9.13 Å². The van der Waals surface area contributed by atoms with E-state index in [0.29, 0.717) is 34.8 Å². The molecule has 3 aromatic carbocycles. The predicted molar refractivity (Wildman–Crippen MR) is 139 cm³/mol. The summed E-state index contributed by atoms with van der Waals surface area (Å²) in [7, 11) is 0. The van der Waals surface area contributed by atoms with Crippen molar-refractivity contribution in [3.63, 3.8) is 0 Å². The minimum absolute atomic E-state index is 0.0285. The minimum atomic E-state index is -0.634. The van der Waals surface area contributed by atoms with Crippen LogP contribution in [0.15, 0.2) is 65.3 Å². The van der Waals surface area contributed by atoms with Crippen molar-refractivity contribution in [2.75, 3.05) is 6.61 Å². The molecule has 0 N–H and O–H groups in total. The Morgan fingerprint density at radius 1 is 1.14 bits per heavy atom. The zero-order valence-corrected chi connectivity index (χ0v) is 21.4. The SMILES string of the molecule is CCOc1cc(/C=C2\N=C(c3ccc([N+](=O)[O-])c(C)c3)OC2=O)cc(I)c1OCc1ccc(F)cc1. The van der Waals surface area contributed by atoms with Crippen LogP contribution in [0, 0.1) is 26.4 Å². The third kappa shape index (κ3) is 5.70. The van der Waals surface area contributed by atoms with Gasteiger partial charge in [0.25, 0.3) is 5.69 Å². The molecule has 0 saturated carbocycles. The zero-order chi connectivity index (χ0) is 25.8. The van der Waals surface area contributed by atoms with Gasteiger partial charge in [0.05, 0.1) is 15.1 Å². The van der Waals surface area contributed by atoms with Crippen LogP contribution in [-0.4, -0.2) is 23.4 Å². The first-order chi connectivity index (χ1) is 17.2. The molecule has 0 saturated heterocycles. The molecule has 10 heteroatoms. The molecule has 0 aliphatic carbocycles. The Bertz CT molecular complexity index is 1400. The number of halogens is 2. The normalized spacial score (nSPS) is 13.9. The van der Waals surface area contributed by atoms with Crippen molar-refractivity contribution >= 4 is 46.2 Å². The lowest BCUT2D eigenvalue weighted by Crippen LogP contribution is -2.06. The van der Waals surface area contributed by atoms with Crippen molar-refractivity contribution in [2.45, 2.75) is 20.5 Å². The van der Waals surface area contributed by atoms with Crippen LogP contribution in [-0.2, 0) is 16.1 Å². The first kappa shape index (κ1) is 25.3. The fourth-order valence-corrected chi connectivity index (χ4v) is 4.28. The van der Waals surface area contributed by atoms with E-state index in [1.807, 2.05) is 13.0 Å². The molecule has 0 radical (unpaired) electrons. The lowest BCUT2D eigenvalue weighted by Gasteiger charge is -2.15. The van der Waals surface area contributed by atoms with Crippen molar-refractivity contribution < 1.29 is 28.3 Å². The quantitative estimate of drug-likeness (QED) is 0.104. The highest BCUT2D eigenvalue weighted by Gasteiger charge is 2.26. The van der Waals surface area contributed by atoms with Gasteiger partial charge in [-0.2, -0.15) is 0 Å². The number of ether oxygens (including phenoxy) is 3. The van der Waals surface area contributed by atoms with E-state index < -0.39 is 10.9 Å². The van der Waals surface area contributed by atoms with Gasteiger partial charge < -0.3 is 14.2 Å². The van der Waals surface area contributed by atoms with Gasteiger partial charge >= 0.3 is 5.97 Å². The van der Waals surface area contributed by atoms with Crippen LogP contribution in [0.2, 0.25) is 0 Å². The van der Waals surface area contributed by atoms with E-state index in [1.54, 1.807) is 37.3 Å². The molecule has 1 aliphatic heterocycles. The van der Waals surface area contributed by atoms with Gasteiger partial charge in [-0.1, -0.05) is 12.1 Å². The molecule has 0 amide bonds. The van der Waals surface area contributed by atoms with Gasteiger partial charge in [0.1, 0.15) is 12.4 Å². The highest BCUT2D eigenvalue weighted by Crippen LogP contribution is 2.36. The van der Waals surface area contributed by atoms with Crippen molar-refractivity contribution in [1.82, 2.24) is 0 Å². The molecule has 1 heterocycles. The van der Waals surface area contributed by atoms with Crippen molar-refractivity contribution in [2.24, 2.45) is 4.99 Å². The van der Waals surface area contributed by atoms with Crippen LogP contribution in [0.4, 0.5) is 10.1 Å². The van der Waals surface area contributed by atoms with Crippen molar-refractivity contribution in [3.05, 3.63) is 102 Å². The fourth-order valence-electron chi connectivity index (χ4n) is 3.49. The smallest absolute Gasteiger partial charge is 0.363 e. The Morgan fingerprint density at radius 2 is 1.89 bits per heavy atom. The monoisotopic (exact) mass is 602 g/mol. The van der Waals surface area contributed by atoms with Crippen LogP contribution in [0.1, 0.15) is 29.2 Å². The second kappa shape index (κ2) is 10.9. The third-order valence-electron chi connectivity index (χ3n) is 5.19. The van der Waals surface area contributed by atoms with E-state index in [9.17, 15) is 19.3 Å². The van der Waals surface area contributed by atoms with Crippen LogP contribution < -0.4 is 9.47 Å². The van der Waals surface area contributed by atoms with Crippen LogP contribution in [0.3, 0.4) is 0 Å². The van der Waals surface area contributed by atoms with Crippen molar-refractivity contribution in [1.29, 1.82) is 0 Å². The summed E-state index contributed by atoms with van der Waals surface area (Å²) < 4.78 is 30.9. The van der Waals surface area contributed by atoms with Gasteiger partial charge in [-0.05, 0) is 90.0 Å². The summed E-state index contributed by atoms with van der Waals surface area (Å²) in [4.78, 5) is 27.3. The Morgan fingerprint density at radius 3 is 2.56 bits per heavy atom. The number of carbonyl (C=O) groups excluding carboxylic acids is 1. The molecule has 0 bridgehead atoms. The molecule has 184 valence electrons. The average Bonchev–Trinajstić information content (AvgIpc) is 3.19. The van der Waals surface area contributed by atoms with Crippen molar-refractivity contribution in [3.8, 4) is 11.5 Å². The maximum Gasteiger partial charge on any atom is 0.363 e. The Hall–Kier alpha value is -3.80. The third-order valence-corrected chi connectivity index (χ3v) is 5.99. The van der Waals surface area contributed by atoms with E-state index in [-0.39, 0.29) is 29.7 Å². The summed E-state index contributed by atoms with van der Waals surface area (Å²) in [5.41, 5.74) is 2.40. The maximum absolute atomic E-state index is 13.2. The average molecular weight is 602 g/mol. The fraction of sp³-hybridized carbons (Fsp3) is 0.154. The number of rotatable bonds is 8. The Labute approximate surface area is 219 Å². The summed E-state index contributed by atoms with van der Waals surface area (Å²) in [6, 6.07) is 14.0. The van der Waals surface area contributed by atoms with Gasteiger partial charge in [-0.15, -0.1) is 0 Å². The Balaban J connectivity index is 1.60.